The van der Waals surface area contributed by atoms with Gasteiger partial charge in [-0.25, -0.2) is 0 Å². The number of hydrogen-bond donors (Lipinski definition) is 4. The summed E-state index contributed by atoms with van der Waals surface area (Å²) in [5, 5.41) is 27.6. The quantitative estimate of drug-likeness (QED) is 0.0484. The zero-order valence-corrected chi connectivity index (χ0v) is 39.4. The highest BCUT2D eigenvalue weighted by atomic mass is 35.5. The molecule has 5 aromatic carbocycles. The van der Waals surface area contributed by atoms with Gasteiger partial charge in [-0.3, -0.25) is 28.8 Å². The third kappa shape index (κ3) is 13.0. The van der Waals surface area contributed by atoms with Crippen molar-refractivity contribution in [3.05, 3.63) is 135 Å². The fraction of sp³-hybridized carbons (Fsp3) is 0.143. The van der Waals surface area contributed by atoms with E-state index in [2.05, 4.69) is 41.7 Å². The van der Waals surface area contributed by atoms with Crippen LogP contribution in [0.15, 0.2) is 93.3 Å². The van der Waals surface area contributed by atoms with Gasteiger partial charge in [0.15, 0.2) is 11.6 Å². The molecular weight excluding hydrogens is 996 g/mol. The number of nitrogens with one attached hydrogen (secondary N) is 4. The molecule has 0 aromatic heterocycles. The number of halogens is 8. The van der Waals surface area contributed by atoms with Crippen LogP contribution in [0, 0.1) is 13.8 Å². The molecule has 14 nitrogen and oxygen atoms in total. The monoisotopic (exact) mass is 1020 g/mol. The maximum atomic E-state index is 13.4. The summed E-state index contributed by atoms with van der Waals surface area (Å²) < 4.78 is 0. The van der Waals surface area contributed by atoms with Crippen LogP contribution in [0.5, 0.6) is 0 Å². The van der Waals surface area contributed by atoms with Gasteiger partial charge in [0.05, 0.1) is 52.9 Å². The minimum absolute atomic E-state index is 0.0497. The number of ketones is 2. The molecule has 0 bridgehead atoms. The molecule has 0 radical (unpaired) electrons. The number of nitrogens with zero attached hydrogens (tertiary/aromatic N) is 4. The van der Waals surface area contributed by atoms with Crippen LogP contribution in [0.25, 0.3) is 0 Å². The van der Waals surface area contributed by atoms with Gasteiger partial charge in [-0.1, -0.05) is 92.8 Å². The minimum Gasteiger partial charge on any atom is -0.324 e. The van der Waals surface area contributed by atoms with Gasteiger partial charge >= 0.3 is 0 Å². The van der Waals surface area contributed by atoms with Crippen LogP contribution in [-0.4, -0.2) is 47.3 Å². The standard InChI is InChI=1S/C42H30Cl8N8O6/c1-17-5-34(52-42(64)38(20(4)60)58-56-26-10-22(8-24(44)12-26)40(62)54-36-16-30(48)28(46)14-32(36)50)18(2)6-33(17)51-41(63)37(19(3)59)57-55-25-9-21(7-23(43)11-25)39(61)53-35-15-29(47)27(45)13-31(35)49/h5-16,37-38H,1-4H3,(H,51,63)(H,52,64)(H,53,61)(H,54,62). The molecule has 0 saturated carbocycles. The fourth-order valence-corrected chi connectivity index (χ4v) is 7.17. The molecule has 4 amide bonds. The van der Waals surface area contributed by atoms with Crippen molar-refractivity contribution in [2.24, 2.45) is 20.5 Å². The molecule has 0 saturated heterocycles. The van der Waals surface area contributed by atoms with Crippen LogP contribution >= 0.6 is 92.8 Å². The van der Waals surface area contributed by atoms with Crippen molar-refractivity contribution in [3.8, 4) is 0 Å². The maximum absolute atomic E-state index is 13.4. The molecule has 0 heterocycles. The molecular formula is C42H30Cl8N8O6. The lowest BCUT2D eigenvalue weighted by atomic mass is 10.1. The summed E-state index contributed by atoms with van der Waals surface area (Å²) in [6.07, 6.45) is 0. The summed E-state index contributed by atoms with van der Waals surface area (Å²) in [6, 6.07) is 13.5. The lowest BCUT2D eigenvalue weighted by Crippen LogP contribution is -2.32. The summed E-state index contributed by atoms with van der Waals surface area (Å²) in [5.41, 5.74) is 2.03. The summed E-state index contributed by atoms with van der Waals surface area (Å²) >= 11 is 49.0. The molecule has 0 aliphatic rings. The van der Waals surface area contributed by atoms with Crippen LogP contribution in [0.1, 0.15) is 45.7 Å². The topological polar surface area (TPSA) is 200 Å². The number of Topliss-reactive ketones (excluding diaryl/α,β-unsaturated/α-hetero) is 2. The molecule has 2 atom stereocenters. The summed E-state index contributed by atoms with van der Waals surface area (Å²) in [5.74, 6) is -4.22. The van der Waals surface area contributed by atoms with E-state index in [0.29, 0.717) is 11.1 Å². The Morgan fingerprint density at radius 1 is 0.422 bits per heavy atom. The van der Waals surface area contributed by atoms with Crippen molar-refractivity contribution >= 4 is 162 Å². The highest BCUT2D eigenvalue weighted by Crippen LogP contribution is 2.35. The Balaban J connectivity index is 1.27. The molecule has 22 heteroatoms. The van der Waals surface area contributed by atoms with Gasteiger partial charge in [-0.2, -0.15) is 20.5 Å². The maximum Gasteiger partial charge on any atom is 0.258 e. The largest absolute Gasteiger partial charge is 0.324 e. The Morgan fingerprint density at radius 3 is 1.11 bits per heavy atom. The molecule has 5 aromatic rings. The van der Waals surface area contributed by atoms with Crippen LogP contribution < -0.4 is 21.3 Å². The van der Waals surface area contributed by atoms with Gasteiger partial charge in [0.25, 0.3) is 23.6 Å². The van der Waals surface area contributed by atoms with E-state index in [1.54, 1.807) is 13.8 Å². The molecule has 0 fully saturated rings. The summed E-state index contributed by atoms with van der Waals surface area (Å²) in [6.45, 7) is 5.56. The molecule has 64 heavy (non-hydrogen) atoms. The van der Waals surface area contributed by atoms with E-state index in [0.717, 1.165) is 13.8 Å². The Bertz CT molecular complexity index is 2630. The first-order valence-electron chi connectivity index (χ1n) is 18.2. The number of benzene rings is 5. The molecule has 0 aliphatic heterocycles. The second kappa shape index (κ2) is 21.7. The smallest absolute Gasteiger partial charge is 0.258 e. The third-order valence-electron chi connectivity index (χ3n) is 8.74. The third-order valence-corrected chi connectivity index (χ3v) is 11.2. The van der Waals surface area contributed by atoms with Crippen molar-refractivity contribution in [2.75, 3.05) is 21.3 Å². The van der Waals surface area contributed by atoms with E-state index in [1.807, 2.05) is 0 Å². The SMILES string of the molecule is CC(=O)C(N=Nc1cc(Cl)cc(C(=O)Nc2cc(Cl)c(Cl)cc2Cl)c1)C(=O)Nc1cc(C)c(NC(=O)C(N=Nc2cc(Cl)cc(C(=O)Nc3cc(Cl)c(Cl)cc3Cl)c2)C(C)=O)cc1C. The first-order valence-corrected chi connectivity index (χ1v) is 21.2. The van der Waals surface area contributed by atoms with E-state index in [9.17, 15) is 28.8 Å². The van der Waals surface area contributed by atoms with Crippen molar-refractivity contribution in [2.45, 2.75) is 39.8 Å². The zero-order valence-electron chi connectivity index (χ0n) is 33.3. The molecule has 2 unspecified atom stereocenters. The summed E-state index contributed by atoms with van der Waals surface area (Å²) in [7, 11) is 0. The number of carbonyl (C=O) groups is 6. The molecule has 0 aliphatic carbocycles. The van der Waals surface area contributed by atoms with Crippen molar-refractivity contribution in [3.63, 3.8) is 0 Å². The Labute approximate surface area is 405 Å². The van der Waals surface area contributed by atoms with Crippen LogP contribution in [0.2, 0.25) is 40.2 Å². The molecule has 330 valence electrons. The fourth-order valence-electron chi connectivity index (χ4n) is 5.52. The second-order valence-corrected chi connectivity index (χ2v) is 17.0. The lowest BCUT2D eigenvalue weighted by Gasteiger charge is -2.16. The second-order valence-electron chi connectivity index (χ2n) is 13.7. The predicted octanol–water partition coefficient (Wildman–Crippen LogP) is 13.4. The van der Waals surface area contributed by atoms with Gasteiger partial charge in [-0.05, 0) is 112 Å². The summed E-state index contributed by atoms with van der Waals surface area (Å²) in [4.78, 5) is 78.1. The van der Waals surface area contributed by atoms with E-state index in [-0.39, 0.29) is 85.4 Å². The van der Waals surface area contributed by atoms with E-state index < -0.39 is 47.3 Å². The Morgan fingerprint density at radius 2 is 0.766 bits per heavy atom. The number of azo groups is 2. The van der Waals surface area contributed by atoms with Crippen LogP contribution in [-0.2, 0) is 19.2 Å². The predicted molar refractivity (Wildman–Crippen MR) is 253 cm³/mol. The lowest BCUT2D eigenvalue weighted by molar-refractivity contribution is -0.127. The van der Waals surface area contributed by atoms with E-state index in [1.165, 1.54) is 72.8 Å². The van der Waals surface area contributed by atoms with Gasteiger partial charge in [-0.15, -0.1) is 0 Å². The number of hydrogen-bond acceptors (Lipinski definition) is 10. The average molecular weight is 1030 g/mol. The highest BCUT2D eigenvalue weighted by molar-refractivity contribution is 6.45. The zero-order chi connectivity index (χ0) is 47.2. The Hall–Kier alpha value is -5.16. The van der Waals surface area contributed by atoms with Crippen molar-refractivity contribution in [1.29, 1.82) is 0 Å². The number of aryl methyl sites for hydroxylation is 2. The van der Waals surface area contributed by atoms with E-state index in [4.69, 9.17) is 92.8 Å². The molecule has 4 N–H and O–H groups in total. The van der Waals surface area contributed by atoms with Crippen molar-refractivity contribution < 1.29 is 28.8 Å². The van der Waals surface area contributed by atoms with Gasteiger partial charge in [0.1, 0.15) is 0 Å². The van der Waals surface area contributed by atoms with Crippen molar-refractivity contribution in [1.82, 2.24) is 0 Å². The first-order chi connectivity index (χ1) is 30.1. The normalized spacial score (nSPS) is 12.2. The Kier molecular flexibility index (Phi) is 16.9. The van der Waals surface area contributed by atoms with E-state index >= 15 is 0 Å². The highest BCUT2D eigenvalue weighted by Gasteiger charge is 2.26. The number of rotatable bonds is 14. The number of carbonyl (C=O) groups excluding carboxylic acids is 6. The molecule has 5 rings (SSSR count). The molecule has 0 spiro atoms. The van der Waals surface area contributed by atoms with Gasteiger partial charge < -0.3 is 21.3 Å². The van der Waals surface area contributed by atoms with Crippen LogP contribution in [0.4, 0.5) is 34.1 Å². The minimum atomic E-state index is -1.61. The van der Waals surface area contributed by atoms with Gasteiger partial charge in [0.2, 0.25) is 12.1 Å². The number of amides is 4. The number of anilines is 4. The first kappa shape index (κ1) is 49.8. The van der Waals surface area contributed by atoms with Crippen LogP contribution in [0.3, 0.4) is 0 Å². The average Bonchev–Trinajstić information content (AvgIpc) is 3.20. The van der Waals surface area contributed by atoms with Gasteiger partial charge in [0, 0.05) is 32.5 Å².